The van der Waals surface area contributed by atoms with Gasteiger partial charge in [0.25, 0.3) is 5.91 Å². The highest BCUT2D eigenvalue weighted by atomic mass is 16.4. The van der Waals surface area contributed by atoms with Crippen LogP contribution in [-0.4, -0.2) is 40.5 Å². The first-order valence-corrected chi connectivity index (χ1v) is 6.65. The number of carboxylic acid groups (broad SMARTS) is 1. The summed E-state index contributed by atoms with van der Waals surface area (Å²) in [4.78, 5) is 36.3. The van der Waals surface area contributed by atoms with Crippen molar-refractivity contribution in [2.75, 3.05) is 6.54 Å². The fourth-order valence-electron chi connectivity index (χ4n) is 2.07. The van der Waals surface area contributed by atoms with Crippen molar-refractivity contribution in [2.45, 2.75) is 33.7 Å². The van der Waals surface area contributed by atoms with E-state index in [-0.39, 0.29) is 6.04 Å². The molecule has 0 heterocycles. The molecule has 0 aliphatic heterocycles. The number of nitrogens with zero attached hydrogens (tertiary/aromatic N) is 1. The van der Waals surface area contributed by atoms with E-state index in [4.69, 9.17) is 5.11 Å². The summed E-state index contributed by atoms with van der Waals surface area (Å²) in [6.45, 7) is 6.47. The maximum atomic E-state index is 12.6. The average Bonchev–Trinajstić information content (AvgIpc) is 2.35. The van der Waals surface area contributed by atoms with Crippen molar-refractivity contribution in [2.24, 2.45) is 0 Å². The lowest BCUT2D eigenvalue weighted by molar-refractivity contribution is -0.135. The summed E-state index contributed by atoms with van der Waals surface area (Å²) >= 11 is 0. The van der Waals surface area contributed by atoms with Crippen LogP contribution in [0, 0.1) is 13.8 Å². The van der Waals surface area contributed by atoms with Gasteiger partial charge >= 0.3 is 12.0 Å². The van der Waals surface area contributed by atoms with Gasteiger partial charge in [0.05, 0.1) is 0 Å². The highest BCUT2D eigenvalue weighted by Gasteiger charge is 2.27. The summed E-state index contributed by atoms with van der Waals surface area (Å²) < 4.78 is 0. The first-order chi connectivity index (χ1) is 9.75. The quantitative estimate of drug-likeness (QED) is 0.888. The van der Waals surface area contributed by atoms with Crippen LogP contribution < -0.4 is 5.32 Å². The minimum Gasteiger partial charge on any atom is -0.480 e. The minimum absolute atomic E-state index is 0.384. The maximum Gasteiger partial charge on any atom is 0.325 e. The molecule has 0 spiro atoms. The van der Waals surface area contributed by atoms with E-state index in [9.17, 15) is 14.4 Å². The number of aryl methyl sites for hydroxylation is 2. The predicted octanol–water partition coefficient (Wildman–Crippen LogP) is 1.95. The van der Waals surface area contributed by atoms with E-state index in [0.717, 1.165) is 16.0 Å². The highest BCUT2D eigenvalue weighted by molar-refractivity contribution is 6.06. The SMILES string of the molecule is Cc1cccc(C)c1C(=O)N(C(=O)NCC(=O)O)C(C)C. The molecular weight excluding hydrogens is 272 g/mol. The third kappa shape index (κ3) is 4.05. The number of imide groups is 1. The standard InChI is InChI=1S/C15H20N2O4/c1-9(2)17(15(21)16-8-12(18)19)14(20)13-10(3)6-5-7-11(13)4/h5-7,9H,8H2,1-4H3,(H,16,21)(H,18,19). The molecule has 21 heavy (non-hydrogen) atoms. The van der Waals surface area contributed by atoms with Crippen LogP contribution in [-0.2, 0) is 4.79 Å². The number of rotatable bonds is 4. The Kier molecular flexibility index (Phi) is 5.46. The van der Waals surface area contributed by atoms with Crippen LogP contribution in [0.3, 0.4) is 0 Å². The van der Waals surface area contributed by atoms with Crippen LogP contribution >= 0.6 is 0 Å². The Balaban J connectivity index is 3.08. The van der Waals surface area contributed by atoms with Crippen LogP contribution in [0.1, 0.15) is 35.3 Å². The summed E-state index contributed by atoms with van der Waals surface area (Å²) in [6, 6.07) is 4.35. The summed E-state index contributed by atoms with van der Waals surface area (Å²) in [7, 11) is 0. The second kappa shape index (κ2) is 6.88. The number of nitrogens with one attached hydrogen (secondary N) is 1. The van der Waals surface area contributed by atoms with Gasteiger partial charge in [-0.3, -0.25) is 14.5 Å². The molecule has 1 aromatic carbocycles. The number of hydrogen-bond donors (Lipinski definition) is 2. The molecule has 114 valence electrons. The number of carbonyl (C=O) groups excluding carboxylic acids is 2. The summed E-state index contributed by atoms with van der Waals surface area (Å²) in [5.74, 6) is -1.59. The molecule has 0 atom stereocenters. The van der Waals surface area contributed by atoms with Crippen molar-refractivity contribution in [3.8, 4) is 0 Å². The smallest absolute Gasteiger partial charge is 0.325 e. The Morgan fingerprint density at radius 2 is 1.71 bits per heavy atom. The van der Waals surface area contributed by atoms with E-state index in [0.29, 0.717) is 5.56 Å². The molecule has 3 amide bonds. The van der Waals surface area contributed by atoms with Crippen molar-refractivity contribution in [1.29, 1.82) is 0 Å². The van der Waals surface area contributed by atoms with E-state index in [1.165, 1.54) is 0 Å². The van der Waals surface area contributed by atoms with Crippen molar-refractivity contribution in [1.82, 2.24) is 10.2 Å². The van der Waals surface area contributed by atoms with E-state index >= 15 is 0 Å². The van der Waals surface area contributed by atoms with Crippen LogP contribution in [0.4, 0.5) is 4.79 Å². The number of carboxylic acids is 1. The van der Waals surface area contributed by atoms with Crippen molar-refractivity contribution >= 4 is 17.9 Å². The highest BCUT2D eigenvalue weighted by Crippen LogP contribution is 2.17. The van der Waals surface area contributed by atoms with E-state index < -0.39 is 24.5 Å². The van der Waals surface area contributed by atoms with Crippen LogP contribution in [0.2, 0.25) is 0 Å². The monoisotopic (exact) mass is 292 g/mol. The number of hydrogen-bond acceptors (Lipinski definition) is 3. The molecule has 6 heteroatoms. The Morgan fingerprint density at radius 3 is 2.14 bits per heavy atom. The van der Waals surface area contributed by atoms with Crippen LogP contribution in [0.25, 0.3) is 0 Å². The Morgan fingerprint density at radius 1 is 1.19 bits per heavy atom. The van der Waals surface area contributed by atoms with E-state index in [1.807, 2.05) is 6.07 Å². The lowest BCUT2D eigenvalue weighted by atomic mass is 10.0. The van der Waals surface area contributed by atoms with Gasteiger partial charge in [-0.1, -0.05) is 18.2 Å². The van der Waals surface area contributed by atoms with Crippen molar-refractivity contribution < 1.29 is 19.5 Å². The molecule has 0 bridgehead atoms. The molecule has 0 aliphatic rings. The first-order valence-electron chi connectivity index (χ1n) is 6.65. The molecule has 0 unspecified atom stereocenters. The van der Waals surface area contributed by atoms with Gasteiger partial charge in [-0.2, -0.15) is 0 Å². The Hall–Kier alpha value is -2.37. The Bertz CT molecular complexity index is 547. The lowest BCUT2D eigenvalue weighted by Gasteiger charge is -2.26. The second-order valence-electron chi connectivity index (χ2n) is 5.09. The summed E-state index contributed by atoms with van der Waals surface area (Å²) in [5.41, 5.74) is 2.02. The van der Waals surface area contributed by atoms with Crippen molar-refractivity contribution in [3.05, 3.63) is 34.9 Å². The van der Waals surface area contributed by atoms with E-state index in [2.05, 4.69) is 5.32 Å². The van der Waals surface area contributed by atoms with Crippen molar-refractivity contribution in [3.63, 3.8) is 0 Å². The van der Waals surface area contributed by atoms with Gasteiger partial charge in [0.15, 0.2) is 0 Å². The number of urea groups is 1. The normalized spacial score (nSPS) is 10.3. The molecule has 0 aromatic heterocycles. The molecule has 0 aliphatic carbocycles. The third-order valence-corrected chi connectivity index (χ3v) is 3.04. The molecule has 6 nitrogen and oxygen atoms in total. The van der Waals surface area contributed by atoms with Gasteiger partial charge in [0.2, 0.25) is 0 Å². The number of aliphatic carboxylic acids is 1. The molecule has 0 fully saturated rings. The lowest BCUT2D eigenvalue weighted by Crippen LogP contribution is -2.49. The number of amides is 3. The average molecular weight is 292 g/mol. The molecular formula is C15H20N2O4. The number of benzene rings is 1. The molecule has 0 radical (unpaired) electrons. The fraction of sp³-hybridized carbons (Fsp3) is 0.400. The van der Waals surface area contributed by atoms with Crippen LogP contribution in [0.15, 0.2) is 18.2 Å². The third-order valence-electron chi connectivity index (χ3n) is 3.04. The zero-order valence-corrected chi connectivity index (χ0v) is 12.6. The van der Waals surface area contributed by atoms with Crippen LogP contribution in [0.5, 0.6) is 0 Å². The molecule has 2 N–H and O–H groups in total. The molecule has 0 saturated carbocycles. The second-order valence-corrected chi connectivity index (χ2v) is 5.09. The van der Waals surface area contributed by atoms with Gasteiger partial charge in [-0.05, 0) is 38.8 Å². The minimum atomic E-state index is -1.16. The van der Waals surface area contributed by atoms with E-state index in [1.54, 1.807) is 39.8 Å². The topological polar surface area (TPSA) is 86.7 Å². The zero-order chi connectivity index (χ0) is 16.2. The maximum absolute atomic E-state index is 12.6. The summed E-state index contributed by atoms with van der Waals surface area (Å²) in [5, 5.41) is 10.8. The van der Waals surface area contributed by atoms with Gasteiger partial charge in [-0.25, -0.2) is 4.79 Å². The largest absolute Gasteiger partial charge is 0.480 e. The molecule has 1 aromatic rings. The van der Waals surface area contributed by atoms with Gasteiger partial charge in [-0.15, -0.1) is 0 Å². The number of carbonyl (C=O) groups is 3. The molecule has 0 saturated heterocycles. The van der Waals surface area contributed by atoms with Gasteiger partial charge in [0, 0.05) is 11.6 Å². The fourth-order valence-corrected chi connectivity index (χ4v) is 2.07. The zero-order valence-electron chi connectivity index (χ0n) is 12.6. The van der Waals surface area contributed by atoms with Gasteiger partial charge in [0.1, 0.15) is 6.54 Å². The molecule has 1 rings (SSSR count). The summed E-state index contributed by atoms with van der Waals surface area (Å²) in [6.07, 6.45) is 0. The first kappa shape index (κ1) is 16.7. The Labute approximate surface area is 123 Å². The van der Waals surface area contributed by atoms with Gasteiger partial charge < -0.3 is 10.4 Å². The predicted molar refractivity (Wildman–Crippen MR) is 78.3 cm³/mol.